The smallest absolute Gasteiger partial charge is 0.234 e. The maximum atomic E-state index is 13.2. The van der Waals surface area contributed by atoms with E-state index in [1.807, 2.05) is 17.5 Å². The molecular weight excluding hydrogens is 353 g/mol. The number of likely N-dealkylation sites (N-methyl/N-ethyl adjacent to an activating group) is 1. The van der Waals surface area contributed by atoms with Crippen molar-refractivity contribution in [3.8, 4) is 0 Å². The number of benzene rings is 1. The molecule has 0 aliphatic heterocycles. The van der Waals surface area contributed by atoms with E-state index in [9.17, 15) is 14.0 Å². The maximum Gasteiger partial charge on any atom is 0.234 e. The highest BCUT2D eigenvalue weighted by molar-refractivity contribution is 7.10. The minimum absolute atomic E-state index is 0.0591. The van der Waals surface area contributed by atoms with E-state index in [-0.39, 0.29) is 36.8 Å². The summed E-state index contributed by atoms with van der Waals surface area (Å²) in [4.78, 5) is 26.9. The lowest BCUT2D eigenvalue weighted by molar-refractivity contribution is -0.124. The van der Waals surface area contributed by atoms with Crippen LogP contribution in [0.5, 0.6) is 0 Å². The van der Waals surface area contributed by atoms with Crippen molar-refractivity contribution in [1.29, 1.82) is 0 Å². The van der Waals surface area contributed by atoms with Crippen LogP contribution in [-0.4, -0.2) is 42.9 Å². The largest absolute Gasteiger partial charge is 0.352 e. The van der Waals surface area contributed by atoms with E-state index < -0.39 is 0 Å². The van der Waals surface area contributed by atoms with Crippen LogP contribution < -0.4 is 10.6 Å². The van der Waals surface area contributed by atoms with Crippen molar-refractivity contribution in [3.63, 3.8) is 0 Å². The van der Waals surface area contributed by atoms with Gasteiger partial charge in [0.2, 0.25) is 11.8 Å². The zero-order chi connectivity index (χ0) is 18.5. The number of rotatable bonds is 8. The number of carbonyl (C=O) groups is 2. The molecule has 138 valence electrons. The van der Waals surface area contributed by atoms with Crippen molar-refractivity contribution in [2.45, 2.75) is 24.9 Å². The molecule has 0 saturated heterocycles. The maximum absolute atomic E-state index is 13.2. The van der Waals surface area contributed by atoms with Crippen LogP contribution in [0.2, 0.25) is 0 Å². The Labute approximate surface area is 156 Å². The molecule has 0 radical (unpaired) electrons. The lowest BCUT2D eigenvalue weighted by Gasteiger charge is -2.21. The third-order valence-corrected chi connectivity index (χ3v) is 5.04. The summed E-state index contributed by atoms with van der Waals surface area (Å²) in [5.74, 6) is -0.558. The van der Waals surface area contributed by atoms with Crippen molar-refractivity contribution in [3.05, 3.63) is 58.0 Å². The van der Waals surface area contributed by atoms with Crippen molar-refractivity contribution < 1.29 is 14.0 Å². The number of amides is 2. The highest BCUT2D eigenvalue weighted by Gasteiger charge is 2.24. The van der Waals surface area contributed by atoms with Gasteiger partial charge in [0.05, 0.1) is 19.1 Å². The molecule has 0 unspecified atom stereocenters. The summed E-state index contributed by atoms with van der Waals surface area (Å²) in [5.41, 5.74) is 0.816. The number of halogens is 1. The van der Waals surface area contributed by atoms with E-state index in [0.717, 1.165) is 23.3 Å². The molecule has 26 heavy (non-hydrogen) atoms. The Balaban J connectivity index is 1.59. The van der Waals surface area contributed by atoms with Crippen molar-refractivity contribution in [2.75, 3.05) is 20.1 Å². The molecule has 7 heteroatoms. The van der Waals surface area contributed by atoms with Crippen molar-refractivity contribution in [1.82, 2.24) is 15.5 Å². The monoisotopic (exact) mass is 375 g/mol. The Bertz CT molecular complexity index is 745. The molecule has 0 spiro atoms. The predicted octanol–water partition coefficient (Wildman–Crippen LogP) is 2.30. The van der Waals surface area contributed by atoms with Crippen molar-refractivity contribution in [2.24, 2.45) is 0 Å². The summed E-state index contributed by atoms with van der Waals surface area (Å²) in [6, 6.07) is 9.94. The van der Waals surface area contributed by atoms with Gasteiger partial charge in [-0.1, -0.05) is 18.2 Å². The highest BCUT2D eigenvalue weighted by atomic mass is 32.1. The Morgan fingerprint density at radius 1 is 1.19 bits per heavy atom. The molecule has 1 aliphatic rings. The molecule has 1 aliphatic carbocycles. The van der Waals surface area contributed by atoms with Gasteiger partial charge in [0.15, 0.2) is 0 Å². The van der Waals surface area contributed by atoms with Gasteiger partial charge in [-0.2, -0.15) is 0 Å². The molecule has 1 aromatic carbocycles. The first kappa shape index (κ1) is 18.5. The Kier molecular flexibility index (Phi) is 6.00. The molecule has 1 heterocycles. The Morgan fingerprint density at radius 2 is 1.88 bits per heavy atom. The van der Waals surface area contributed by atoms with Crippen LogP contribution in [-0.2, 0) is 9.59 Å². The van der Waals surface area contributed by atoms with Crippen molar-refractivity contribution >= 4 is 23.2 Å². The fourth-order valence-corrected chi connectivity index (χ4v) is 3.49. The van der Waals surface area contributed by atoms with Crippen LogP contribution in [0.3, 0.4) is 0 Å². The molecule has 1 aromatic heterocycles. The molecule has 1 atom stereocenters. The number of carbonyl (C=O) groups excluding carboxylic acids is 2. The van der Waals surface area contributed by atoms with Gasteiger partial charge in [-0.25, -0.2) is 4.39 Å². The minimum atomic E-state index is -0.336. The van der Waals surface area contributed by atoms with Gasteiger partial charge in [0.1, 0.15) is 5.82 Å². The van der Waals surface area contributed by atoms with Crippen LogP contribution in [0.25, 0.3) is 0 Å². The van der Waals surface area contributed by atoms with E-state index in [4.69, 9.17) is 0 Å². The Morgan fingerprint density at radius 3 is 2.50 bits per heavy atom. The average molecular weight is 375 g/mol. The second-order valence-corrected chi connectivity index (χ2v) is 7.56. The number of thiophene rings is 1. The fourth-order valence-electron chi connectivity index (χ4n) is 2.68. The quantitative estimate of drug-likeness (QED) is 0.744. The normalized spacial score (nSPS) is 14.9. The van der Waals surface area contributed by atoms with Crippen LogP contribution in [0.1, 0.15) is 29.3 Å². The Hall–Kier alpha value is -2.25. The number of nitrogens with zero attached hydrogens (tertiary/aromatic N) is 1. The first-order valence-corrected chi connectivity index (χ1v) is 9.45. The summed E-state index contributed by atoms with van der Waals surface area (Å²) in [6.45, 7) is 0.297. The molecule has 1 fully saturated rings. The first-order chi connectivity index (χ1) is 12.5. The lowest BCUT2D eigenvalue weighted by atomic mass is 10.1. The van der Waals surface area contributed by atoms with Gasteiger partial charge >= 0.3 is 0 Å². The first-order valence-electron chi connectivity index (χ1n) is 8.57. The van der Waals surface area contributed by atoms with Crippen LogP contribution in [0, 0.1) is 5.82 Å². The summed E-state index contributed by atoms with van der Waals surface area (Å²) >= 11 is 1.53. The molecular formula is C19H22FN3O2S. The van der Waals surface area contributed by atoms with Gasteiger partial charge in [-0.15, -0.1) is 11.3 Å². The van der Waals surface area contributed by atoms with Crippen LogP contribution >= 0.6 is 11.3 Å². The average Bonchev–Trinajstić information content (AvgIpc) is 3.23. The number of nitrogens with one attached hydrogen (secondary N) is 2. The second kappa shape index (κ2) is 8.42. The third kappa shape index (κ3) is 5.37. The molecule has 2 N–H and O–H groups in total. The lowest BCUT2D eigenvalue weighted by Crippen LogP contribution is -2.42. The van der Waals surface area contributed by atoms with E-state index in [0.29, 0.717) is 6.04 Å². The van der Waals surface area contributed by atoms with Crippen LogP contribution in [0.15, 0.2) is 41.8 Å². The van der Waals surface area contributed by atoms with Gasteiger partial charge in [-0.05, 0) is 49.0 Å². The van der Waals surface area contributed by atoms with Gasteiger partial charge in [-0.3, -0.25) is 14.5 Å². The molecule has 1 saturated carbocycles. The summed E-state index contributed by atoms with van der Waals surface area (Å²) in [6.07, 6.45) is 2.08. The summed E-state index contributed by atoms with van der Waals surface area (Å²) in [7, 11) is 1.74. The van der Waals surface area contributed by atoms with Gasteiger partial charge in [0, 0.05) is 10.9 Å². The van der Waals surface area contributed by atoms with E-state index in [1.165, 1.54) is 23.5 Å². The molecule has 3 rings (SSSR count). The SMILES string of the molecule is CN(CC(=O)NC1CC1)CC(=O)N[C@H](c1ccc(F)cc1)c1cccs1. The van der Waals surface area contributed by atoms with Crippen LogP contribution in [0.4, 0.5) is 4.39 Å². The second-order valence-electron chi connectivity index (χ2n) is 6.58. The zero-order valence-corrected chi connectivity index (χ0v) is 15.4. The molecule has 0 bridgehead atoms. The fraction of sp³-hybridized carbons (Fsp3) is 0.368. The predicted molar refractivity (Wildman–Crippen MR) is 99.4 cm³/mol. The third-order valence-electron chi connectivity index (χ3n) is 4.11. The van der Waals surface area contributed by atoms with E-state index >= 15 is 0 Å². The summed E-state index contributed by atoms with van der Waals surface area (Å²) in [5, 5.41) is 7.83. The summed E-state index contributed by atoms with van der Waals surface area (Å²) < 4.78 is 13.2. The zero-order valence-electron chi connectivity index (χ0n) is 14.6. The molecule has 2 aromatic rings. The molecule has 2 amide bonds. The topological polar surface area (TPSA) is 61.4 Å². The van der Waals surface area contributed by atoms with Gasteiger partial charge < -0.3 is 10.6 Å². The standard InChI is InChI=1S/C19H22FN3O2S/c1-23(11-17(24)21-15-8-9-15)12-18(25)22-19(16-3-2-10-26-16)13-4-6-14(20)7-5-13/h2-7,10,15,19H,8-9,11-12H2,1H3,(H,21,24)(H,22,25)/t19-/m1/s1. The number of hydrogen-bond acceptors (Lipinski definition) is 4. The minimum Gasteiger partial charge on any atom is -0.352 e. The number of hydrogen-bond donors (Lipinski definition) is 2. The van der Waals surface area contributed by atoms with E-state index in [1.54, 1.807) is 24.1 Å². The highest BCUT2D eigenvalue weighted by Crippen LogP contribution is 2.26. The molecule has 5 nitrogen and oxygen atoms in total. The van der Waals surface area contributed by atoms with Gasteiger partial charge in [0.25, 0.3) is 0 Å². The van der Waals surface area contributed by atoms with E-state index in [2.05, 4.69) is 10.6 Å².